The molecule has 0 saturated carbocycles. The monoisotopic (exact) mass is 265 g/mol. The van der Waals surface area contributed by atoms with Crippen molar-refractivity contribution in [3.05, 3.63) is 60.2 Å². The Balaban J connectivity index is 2.09. The summed E-state index contributed by atoms with van der Waals surface area (Å²) in [6, 6.07) is 7.18. The van der Waals surface area contributed by atoms with Crippen LogP contribution in [0.25, 0.3) is 0 Å². The van der Waals surface area contributed by atoms with Crippen LogP contribution in [0.1, 0.15) is 11.1 Å². The number of rotatable bonds is 4. The van der Waals surface area contributed by atoms with Gasteiger partial charge in [0.2, 0.25) is 0 Å². The zero-order chi connectivity index (χ0) is 13.0. The highest BCUT2D eigenvalue weighted by molar-refractivity contribution is 7.85. The molecule has 0 aliphatic rings. The number of nitrogens with zero attached hydrogens (tertiary/aromatic N) is 2. The van der Waals surface area contributed by atoms with Crippen LogP contribution in [0, 0.1) is 0 Å². The summed E-state index contributed by atoms with van der Waals surface area (Å²) in [7, 11) is -3.97. The van der Waals surface area contributed by atoms with Gasteiger partial charge in [0.25, 0.3) is 10.1 Å². The van der Waals surface area contributed by atoms with Crippen LogP contribution in [0.5, 0.6) is 0 Å². The lowest BCUT2D eigenvalue weighted by atomic mass is 10.2. The molecule has 0 radical (unpaired) electrons. The van der Waals surface area contributed by atoms with Gasteiger partial charge in [-0.3, -0.25) is 9.54 Å². The minimum Gasteiger partial charge on any atom is -0.285 e. The molecule has 2 aromatic rings. The minimum atomic E-state index is -3.97. The molecule has 0 saturated heterocycles. The summed E-state index contributed by atoms with van der Waals surface area (Å²) in [4.78, 5) is 3.94. The van der Waals surface area contributed by atoms with Gasteiger partial charge < -0.3 is 0 Å². The summed E-state index contributed by atoms with van der Waals surface area (Å²) in [5.41, 5.74) is 1.67. The van der Waals surface area contributed by atoms with Gasteiger partial charge in [0, 0.05) is 30.1 Å². The van der Waals surface area contributed by atoms with E-state index in [-0.39, 0.29) is 5.75 Å². The van der Waals surface area contributed by atoms with Crippen LogP contribution in [0.15, 0.2) is 49.1 Å². The normalized spacial score (nSPS) is 11.4. The number of aromatic nitrogens is 2. The van der Waals surface area contributed by atoms with Crippen molar-refractivity contribution < 1.29 is 17.5 Å². The van der Waals surface area contributed by atoms with E-state index in [0.717, 1.165) is 5.56 Å². The van der Waals surface area contributed by atoms with Gasteiger partial charge >= 0.3 is 0 Å². The Kier molecular flexibility index (Phi) is 3.69. The molecule has 2 heterocycles. The highest BCUT2D eigenvalue weighted by Gasteiger charge is 2.08. The Morgan fingerprint density at radius 1 is 1.06 bits per heavy atom. The van der Waals surface area contributed by atoms with Crippen molar-refractivity contribution in [2.24, 2.45) is 0 Å². The molecule has 0 atom stereocenters. The van der Waals surface area contributed by atoms with E-state index in [1.54, 1.807) is 36.9 Å². The lowest BCUT2D eigenvalue weighted by Crippen LogP contribution is -2.33. The van der Waals surface area contributed by atoms with Crippen molar-refractivity contribution in [2.75, 3.05) is 0 Å². The summed E-state index contributed by atoms with van der Waals surface area (Å²) >= 11 is 0. The van der Waals surface area contributed by atoms with E-state index in [1.807, 2.05) is 16.7 Å². The second-order valence-corrected chi connectivity index (χ2v) is 5.41. The molecule has 0 bridgehead atoms. The Labute approximate surface area is 105 Å². The van der Waals surface area contributed by atoms with Crippen molar-refractivity contribution in [3.8, 4) is 0 Å². The fraction of sp³-hybridized carbons (Fsp3) is 0.167. The van der Waals surface area contributed by atoms with E-state index in [1.165, 1.54) is 0 Å². The highest BCUT2D eigenvalue weighted by Crippen LogP contribution is 2.02. The average molecular weight is 265 g/mol. The first-order valence-corrected chi connectivity index (χ1v) is 6.96. The average Bonchev–Trinajstić information content (AvgIpc) is 2.31. The van der Waals surface area contributed by atoms with Crippen LogP contribution in [0.2, 0.25) is 0 Å². The van der Waals surface area contributed by atoms with Gasteiger partial charge in [-0.2, -0.15) is 8.42 Å². The van der Waals surface area contributed by atoms with Crippen molar-refractivity contribution in [1.29, 1.82) is 0 Å². The predicted octanol–water partition coefficient (Wildman–Crippen LogP) is 0.805. The molecule has 0 amide bonds. The molecule has 0 spiro atoms. The summed E-state index contributed by atoms with van der Waals surface area (Å²) < 4.78 is 32.1. The lowest BCUT2D eigenvalue weighted by Gasteiger charge is -1.99. The molecule has 2 aromatic heterocycles. The number of hydrogen-bond acceptors (Lipinski definition) is 3. The van der Waals surface area contributed by atoms with E-state index in [9.17, 15) is 8.42 Å². The summed E-state index contributed by atoms with van der Waals surface area (Å²) in [6.07, 6.45) is 7.01. The second-order valence-electron chi connectivity index (χ2n) is 3.96. The van der Waals surface area contributed by atoms with Crippen LogP contribution >= 0.6 is 0 Å². The smallest absolute Gasteiger partial charge is 0.269 e. The molecule has 0 unspecified atom stereocenters. The molecule has 18 heavy (non-hydrogen) atoms. The van der Waals surface area contributed by atoms with Gasteiger partial charge in [0.1, 0.15) is 5.75 Å². The third-order valence-corrected chi connectivity index (χ3v) is 3.12. The lowest BCUT2D eigenvalue weighted by molar-refractivity contribution is -0.688. The largest absolute Gasteiger partial charge is 0.285 e. The molecular weight excluding hydrogens is 252 g/mol. The number of pyridine rings is 2. The molecule has 1 N–H and O–H groups in total. The van der Waals surface area contributed by atoms with Gasteiger partial charge in [-0.25, -0.2) is 4.57 Å². The zero-order valence-corrected chi connectivity index (χ0v) is 10.4. The first-order chi connectivity index (χ1) is 8.53. The third kappa shape index (κ3) is 3.90. The van der Waals surface area contributed by atoms with Crippen molar-refractivity contribution >= 4 is 10.1 Å². The van der Waals surface area contributed by atoms with Crippen LogP contribution in [0.3, 0.4) is 0 Å². The molecule has 6 heteroatoms. The maximum absolute atomic E-state index is 10.7. The standard InChI is InChI=1S/C12H12N2O3S/c15-18(16,17)10-12-3-7-14(8-4-12)9-11-1-5-13-6-2-11/h1-8H,9-10H2/p+1. The van der Waals surface area contributed by atoms with Gasteiger partial charge in [0.05, 0.1) is 0 Å². The highest BCUT2D eigenvalue weighted by atomic mass is 32.2. The van der Waals surface area contributed by atoms with Crippen molar-refractivity contribution in [2.45, 2.75) is 12.3 Å². The Morgan fingerprint density at radius 2 is 1.67 bits per heavy atom. The summed E-state index contributed by atoms with van der Waals surface area (Å²) in [5, 5.41) is 0. The molecule has 0 aliphatic carbocycles. The Hall–Kier alpha value is -1.79. The topological polar surface area (TPSA) is 71.1 Å². The van der Waals surface area contributed by atoms with Gasteiger partial charge in [-0.15, -0.1) is 0 Å². The Morgan fingerprint density at radius 3 is 2.22 bits per heavy atom. The SMILES string of the molecule is O=S(=O)(O)Cc1cc[n+](Cc2ccncc2)cc1. The first-order valence-electron chi connectivity index (χ1n) is 5.35. The molecule has 5 nitrogen and oxygen atoms in total. The van der Waals surface area contributed by atoms with E-state index >= 15 is 0 Å². The molecule has 0 aliphatic heterocycles. The quantitative estimate of drug-likeness (QED) is 0.656. The fourth-order valence-corrected chi connectivity index (χ4v) is 2.21. The predicted molar refractivity (Wildman–Crippen MR) is 65.2 cm³/mol. The maximum Gasteiger partial charge on any atom is 0.269 e. The Bertz CT molecular complexity index is 610. The first kappa shape index (κ1) is 12.7. The fourth-order valence-electron chi connectivity index (χ4n) is 1.60. The van der Waals surface area contributed by atoms with Gasteiger partial charge in [-0.1, -0.05) is 0 Å². The second kappa shape index (κ2) is 5.24. The zero-order valence-electron chi connectivity index (χ0n) is 9.60. The van der Waals surface area contributed by atoms with E-state index in [2.05, 4.69) is 4.98 Å². The molecule has 2 rings (SSSR count). The van der Waals surface area contributed by atoms with Gasteiger partial charge in [-0.05, 0) is 17.7 Å². The third-order valence-electron chi connectivity index (χ3n) is 2.42. The van der Waals surface area contributed by atoms with E-state index in [0.29, 0.717) is 12.1 Å². The van der Waals surface area contributed by atoms with Gasteiger partial charge in [0.15, 0.2) is 18.9 Å². The molecule has 94 valence electrons. The van der Waals surface area contributed by atoms with Crippen LogP contribution < -0.4 is 4.57 Å². The molecule has 0 aromatic carbocycles. The maximum atomic E-state index is 10.7. The van der Waals surface area contributed by atoms with E-state index in [4.69, 9.17) is 4.55 Å². The summed E-state index contributed by atoms with van der Waals surface area (Å²) in [6.45, 7) is 0.689. The molecular formula is C12H13N2O3S+. The number of hydrogen-bond donors (Lipinski definition) is 1. The summed E-state index contributed by atoms with van der Waals surface area (Å²) in [5.74, 6) is -0.358. The molecule has 0 fully saturated rings. The minimum absolute atomic E-state index is 0.358. The van der Waals surface area contributed by atoms with Crippen molar-refractivity contribution in [1.82, 2.24) is 4.98 Å². The van der Waals surface area contributed by atoms with Crippen LogP contribution in [-0.4, -0.2) is 18.0 Å². The van der Waals surface area contributed by atoms with E-state index < -0.39 is 10.1 Å². The van der Waals surface area contributed by atoms with Crippen molar-refractivity contribution in [3.63, 3.8) is 0 Å². The van der Waals surface area contributed by atoms with Crippen LogP contribution in [-0.2, 0) is 22.4 Å². The van der Waals surface area contributed by atoms with Crippen LogP contribution in [0.4, 0.5) is 0 Å².